The molecule has 3 aromatic carbocycles. The zero-order valence-corrected chi connectivity index (χ0v) is 15.0. The van der Waals surface area contributed by atoms with Gasteiger partial charge in [-0.05, 0) is 41.8 Å². The van der Waals surface area contributed by atoms with Gasteiger partial charge in [0.2, 0.25) is 0 Å². The standard InChI is InChI=1S/C23H19N3O/c1-25-19-13-5-10-16-11-6-14-20(21(16)19)26(22(25)18-12-7-15-24-18)23(27)17-8-3-2-4-9-17/h2-15,22,24H,1H3. The Kier molecular flexibility index (Phi) is 3.50. The van der Waals surface area contributed by atoms with Crippen LogP contribution in [0.25, 0.3) is 10.8 Å². The molecule has 0 spiro atoms. The van der Waals surface area contributed by atoms with Gasteiger partial charge in [-0.1, -0.05) is 42.5 Å². The summed E-state index contributed by atoms with van der Waals surface area (Å²) >= 11 is 0. The van der Waals surface area contributed by atoms with E-state index < -0.39 is 0 Å². The predicted molar refractivity (Wildman–Crippen MR) is 109 cm³/mol. The number of carbonyl (C=O) groups is 1. The molecule has 1 aromatic heterocycles. The minimum absolute atomic E-state index is 0.0101. The number of benzene rings is 3. The molecular formula is C23H19N3O. The van der Waals surface area contributed by atoms with Crippen molar-refractivity contribution in [2.24, 2.45) is 0 Å². The van der Waals surface area contributed by atoms with Crippen LogP contribution in [0.4, 0.5) is 11.4 Å². The maximum Gasteiger partial charge on any atom is 0.260 e. The van der Waals surface area contributed by atoms with Crippen LogP contribution in [0, 0.1) is 0 Å². The number of H-pyrrole nitrogens is 1. The SMILES string of the molecule is CN1c2cccc3cccc(c23)N(C(=O)c2ccccc2)C1c1ccc[nH]1. The number of aromatic nitrogens is 1. The topological polar surface area (TPSA) is 39.3 Å². The van der Waals surface area contributed by atoms with Gasteiger partial charge in [-0.2, -0.15) is 0 Å². The highest BCUT2D eigenvalue weighted by molar-refractivity contribution is 6.15. The second-order valence-corrected chi connectivity index (χ2v) is 6.80. The molecule has 4 heteroatoms. The number of anilines is 2. The molecule has 4 nitrogen and oxygen atoms in total. The van der Waals surface area contributed by atoms with Crippen LogP contribution in [0.1, 0.15) is 22.2 Å². The lowest BCUT2D eigenvalue weighted by Crippen LogP contribution is -2.46. The Balaban J connectivity index is 1.79. The van der Waals surface area contributed by atoms with Gasteiger partial charge in [0.15, 0.2) is 6.17 Å². The van der Waals surface area contributed by atoms with Crippen LogP contribution in [0.2, 0.25) is 0 Å². The van der Waals surface area contributed by atoms with Crippen molar-refractivity contribution in [3.05, 3.63) is 96.3 Å². The van der Waals surface area contributed by atoms with Gasteiger partial charge in [0, 0.05) is 29.9 Å². The van der Waals surface area contributed by atoms with E-state index in [2.05, 4.69) is 34.1 Å². The molecule has 4 aromatic rings. The summed E-state index contributed by atoms with van der Waals surface area (Å²) in [6, 6.07) is 25.9. The van der Waals surface area contributed by atoms with Crippen molar-refractivity contribution in [1.82, 2.24) is 4.98 Å². The van der Waals surface area contributed by atoms with Crippen LogP contribution in [0.15, 0.2) is 85.1 Å². The maximum absolute atomic E-state index is 13.6. The highest BCUT2D eigenvalue weighted by Crippen LogP contribution is 2.46. The molecule has 0 fully saturated rings. The molecule has 27 heavy (non-hydrogen) atoms. The van der Waals surface area contributed by atoms with E-state index in [4.69, 9.17) is 0 Å². The molecule has 132 valence electrons. The second kappa shape index (κ2) is 6.02. The third-order valence-corrected chi connectivity index (χ3v) is 5.25. The van der Waals surface area contributed by atoms with E-state index >= 15 is 0 Å². The number of hydrogen-bond donors (Lipinski definition) is 1. The third-order valence-electron chi connectivity index (χ3n) is 5.25. The third kappa shape index (κ3) is 2.34. The molecule has 0 saturated heterocycles. The van der Waals surface area contributed by atoms with E-state index in [9.17, 15) is 4.79 Å². The van der Waals surface area contributed by atoms with E-state index in [1.165, 1.54) is 0 Å². The Labute approximate surface area is 157 Å². The lowest BCUT2D eigenvalue weighted by Gasteiger charge is -2.43. The summed E-state index contributed by atoms with van der Waals surface area (Å²) < 4.78 is 0. The Hall–Kier alpha value is -3.53. The van der Waals surface area contributed by atoms with Gasteiger partial charge < -0.3 is 9.88 Å². The van der Waals surface area contributed by atoms with E-state index in [1.54, 1.807) is 0 Å². The van der Waals surface area contributed by atoms with E-state index in [-0.39, 0.29) is 12.1 Å². The van der Waals surface area contributed by atoms with Crippen LogP contribution in [-0.4, -0.2) is 17.9 Å². The van der Waals surface area contributed by atoms with Gasteiger partial charge in [-0.25, -0.2) is 0 Å². The molecule has 0 radical (unpaired) electrons. The zero-order valence-electron chi connectivity index (χ0n) is 15.0. The molecule has 1 unspecified atom stereocenters. The first-order valence-corrected chi connectivity index (χ1v) is 9.02. The highest BCUT2D eigenvalue weighted by atomic mass is 16.2. The average molecular weight is 353 g/mol. The maximum atomic E-state index is 13.6. The van der Waals surface area contributed by atoms with Crippen LogP contribution < -0.4 is 9.80 Å². The van der Waals surface area contributed by atoms with Crippen LogP contribution in [-0.2, 0) is 0 Å². The zero-order chi connectivity index (χ0) is 18.4. The van der Waals surface area contributed by atoms with Crippen LogP contribution in [0.3, 0.4) is 0 Å². The number of carbonyl (C=O) groups excluding carboxylic acids is 1. The molecule has 1 atom stereocenters. The molecule has 1 aliphatic rings. The van der Waals surface area contributed by atoms with Crippen molar-refractivity contribution in [3.8, 4) is 0 Å². The van der Waals surface area contributed by atoms with Crippen molar-refractivity contribution < 1.29 is 4.79 Å². The summed E-state index contributed by atoms with van der Waals surface area (Å²) in [5.41, 5.74) is 3.72. The Bertz CT molecular complexity index is 1110. The number of hydrogen-bond acceptors (Lipinski definition) is 2. The van der Waals surface area contributed by atoms with Gasteiger partial charge in [0.25, 0.3) is 5.91 Å². The van der Waals surface area contributed by atoms with Crippen molar-refractivity contribution in [3.63, 3.8) is 0 Å². The number of amides is 1. The van der Waals surface area contributed by atoms with Crippen LogP contribution >= 0.6 is 0 Å². The first-order chi connectivity index (χ1) is 13.3. The molecule has 0 aliphatic carbocycles. The quantitative estimate of drug-likeness (QED) is 0.553. The molecule has 1 N–H and O–H groups in total. The normalized spacial score (nSPS) is 16.0. The van der Waals surface area contributed by atoms with Gasteiger partial charge in [-0.3, -0.25) is 9.69 Å². The molecule has 0 bridgehead atoms. The minimum atomic E-state index is -0.242. The lowest BCUT2D eigenvalue weighted by atomic mass is 9.99. The largest absolute Gasteiger partial charge is 0.362 e. The van der Waals surface area contributed by atoms with Gasteiger partial charge in [-0.15, -0.1) is 0 Å². The number of aromatic amines is 1. The summed E-state index contributed by atoms with van der Waals surface area (Å²) in [6.45, 7) is 0. The Morgan fingerprint density at radius 1 is 0.852 bits per heavy atom. The summed E-state index contributed by atoms with van der Waals surface area (Å²) in [5.74, 6) is -0.0101. The fourth-order valence-corrected chi connectivity index (χ4v) is 4.03. The van der Waals surface area contributed by atoms with Crippen molar-refractivity contribution in [1.29, 1.82) is 0 Å². The van der Waals surface area contributed by atoms with Gasteiger partial charge in [0.05, 0.1) is 11.4 Å². The predicted octanol–water partition coefficient (Wildman–Crippen LogP) is 4.96. The van der Waals surface area contributed by atoms with Crippen molar-refractivity contribution in [2.75, 3.05) is 16.8 Å². The molecule has 5 rings (SSSR count). The Morgan fingerprint density at radius 3 is 2.30 bits per heavy atom. The number of nitrogens with one attached hydrogen (secondary N) is 1. The second-order valence-electron chi connectivity index (χ2n) is 6.80. The Morgan fingerprint density at radius 2 is 1.59 bits per heavy atom. The average Bonchev–Trinajstić information content (AvgIpc) is 3.25. The monoisotopic (exact) mass is 353 g/mol. The summed E-state index contributed by atoms with van der Waals surface area (Å²) in [4.78, 5) is 21.0. The van der Waals surface area contributed by atoms with E-state index in [0.717, 1.165) is 27.8 Å². The highest BCUT2D eigenvalue weighted by Gasteiger charge is 2.37. The molecule has 1 aliphatic heterocycles. The molecule has 2 heterocycles. The number of rotatable bonds is 2. The lowest BCUT2D eigenvalue weighted by molar-refractivity contribution is 0.0975. The fourth-order valence-electron chi connectivity index (χ4n) is 4.03. The first-order valence-electron chi connectivity index (χ1n) is 9.02. The minimum Gasteiger partial charge on any atom is -0.362 e. The van der Waals surface area contributed by atoms with E-state index in [1.807, 2.05) is 72.7 Å². The summed E-state index contributed by atoms with van der Waals surface area (Å²) in [5, 5.41) is 2.24. The van der Waals surface area contributed by atoms with Crippen LogP contribution in [0.5, 0.6) is 0 Å². The molecular weight excluding hydrogens is 334 g/mol. The van der Waals surface area contributed by atoms with Gasteiger partial charge >= 0.3 is 0 Å². The summed E-state index contributed by atoms with van der Waals surface area (Å²) in [6.07, 6.45) is 1.66. The molecule has 1 amide bonds. The van der Waals surface area contributed by atoms with Crippen molar-refractivity contribution in [2.45, 2.75) is 6.17 Å². The van der Waals surface area contributed by atoms with Gasteiger partial charge in [0.1, 0.15) is 0 Å². The van der Waals surface area contributed by atoms with E-state index in [0.29, 0.717) is 5.56 Å². The molecule has 0 saturated carbocycles. The number of nitrogens with zero attached hydrogens (tertiary/aromatic N) is 2. The summed E-state index contributed by atoms with van der Waals surface area (Å²) in [7, 11) is 2.04. The first kappa shape index (κ1) is 15.7. The van der Waals surface area contributed by atoms with Crippen molar-refractivity contribution >= 4 is 28.1 Å². The fraction of sp³-hybridized carbons (Fsp3) is 0.0870. The smallest absolute Gasteiger partial charge is 0.260 e.